The first-order chi connectivity index (χ1) is 25.8. The molecule has 0 atom stereocenters. The van der Waals surface area contributed by atoms with Gasteiger partial charge in [0, 0.05) is 37.1 Å². The molecule has 2 heteroatoms. The third-order valence-corrected chi connectivity index (χ3v) is 11.4. The number of fused-ring (bicyclic) bond motifs is 5. The van der Waals surface area contributed by atoms with Gasteiger partial charge in [-0.3, -0.25) is 0 Å². The summed E-state index contributed by atoms with van der Waals surface area (Å²) in [4.78, 5) is 2.42. The Bertz CT molecular complexity index is 2910. The minimum atomic E-state index is 1.11. The van der Waals surface area contributed by atoms with Crippen LogP contribution in [0, 0.1) is 0 Å². The van der Waals surface area contributed by atoms with Gasteiger partial charge >= 0.3 is 0 Å². The minimum absolute atomic E-state index is 1.11. The first-order valence-electron chi connectivity index (χ1n) is 17.8. The zero-order valence-electron chi connectivity index (χ0n) is 28.4. The molecule has 0 fully saturated rings. The van der Waals surface area contributed by atoms with Crippen LogP contribution in [0.1, 0.15) is 0 Å². The van der Waals surface area contributed by atoms with E-state index in [0.717, 1.165) is 17.1 Å². The molecule has 0 saturated carbocycles. The SMILES string of the molecule is c1cc(-c2ccc3sc4ccccc4c3c2)cc(N(c2ccc(-c3cccc4ccccc34)cc2)c2ccccc2-c2ccc3ccccc3c2)c1. The van der Waals surface area contributed by atoms with E-state index < -0.39 is 0 Å². The Morgan fingerprint density at radius 1 is 0.308 bits per heavy atom. The summed E-state index contributed by atoms with van der Waals surface area (Å²) in [7, 11) is 0. The summed E-state index contributed by atoms with van der Waals surface area (Å²) in [5.41, 5.74) is 10.6. The Kier molecular flexibility index (Phi) is 7.41. The van der Waals surface area contributed by atoms with Gasteiger partial charge in [0.1, 0.15) is 0 Å². The van der Waals surface area contributed by atoms with Crippen LogP contribution >= 0.6 is 11.3 Å². The van der Waals surface area contributed by atoms with Crippen LogP contribution in [-0.4, -0.2) is 0 Å². The van der Waals surface area contributed by atoms with Gasteiger partial charge in [-0.1, -0.05) is 146 Å². The van der Waals surface area contributed by atoms with Crippen LogP contribution in [0.3, 0.4) is 0 Å². The summed E-state index contributed by atoms with van der Waals surface area (Å²) in [6.07, 6.45) is 0. The lowest BCUT2D eigenvalue weighted by molar-refractivity contribution is 1.28. The second-order valence-corrected chi connectivity index (χ2v) is 14.4. The first kappa shape index (κ1) is 30.4. The van der Waals surface area contributed by atoms with E-state index >= 15 is 0 Å². The smallest absolute Gasteiger partial charge is 0.0540 e. The molecule has 10 rings (SSSR count). The third kappa shape index (κ3) is 5.33. The van der Waals surface area contributed by atoms with Gasteiger partial charge in [0.05, 0.1) is 5.69 Å². The van der Waals surface area contributed by atoms with Crippen molar-refractivity contribution in [2.45, 2.75) is 0 Å². The Hall–Kier alpha value is -6.48. The molecule has 0 unspecified atom stereocenters. The van der Waals surface area contributed by atoms with Gasteiger partial charge in [-0.2, -0.15) is 0 Å². The summed E-state index contributed by atoms with van der Waals surface area (Å²) in [6.45, 7) is 0. The molecule has 9 aromatic carbocycles. The first-order valence-corrected chi connectivity index (χ1v) is 18.6. The molecule has 1 heterocycles. The highest BCUT2D eigenvalue weighted by atomic mass is 32.1. The van der Waals surface area contributed by atoms with Crippen LogP contribution < -0.4 is 4.90 Å². The van der Waals surface area contributed by atoms with E-state index in [2.05, 4.69) is 205 Å². The van der Waals surface area contributed by atoms with Crippen molar-refractivity contribution in [2.24, 2.45) is 0 Å². The second-order valence-electron chi connectivity index (χ2n) is 13.3. The molecule has 0 N–H and O–H groups in total. The van der Waals surface area contributed by atoms with E-state index in [1.807, 2.05) is 11.3 Å². The van der Waals surface area contributed by atoms with Crippen molar-refractivity contribution < 1.29 is 0 Å². The van der Waals surface area contributed by atoms with Crippen LogP contribution in [0.5, 0.6) is 0 Å². The summed E-state index contributed by atoms with van der Waals surface area (Å²) in [6, 6.07) is 73.1. The number of nitrogens with zero attached hydrogens (tertiary/aromatic N) is 1. The number of hydrogen-bond acceptors (Lipinski definition) is 2. The monoisotopic (exact) mass is 679 g/mol. The standard InChI is InChI=1S/C50H33NS/c1-2-13-37-31-40(24-23-34(37)11-1)45-18-5-7-21-48(45)51(41-28-25-36(26-29-41)44-20-10-14-35-12-3-4-17-43(35)44)42-16-9-15-38(32-42)39-27-30-50-47(33-39)46-19-6-8-22-49(46)52-50/h1-33H. The molecule has 0 bridgehead atoms. The highest BCUT2D eigenvalue weighted by Crippen LogP contribution is 2.44. The highest BCUT2D eigenvalue weighted by molar-refractivity contribution is 7.25. The molecule has 0 aliphatic heterocycles. The highest BCUT2D eigenvalue weighted by Gasteiger charge is 2.19. The molecule has 1 nitrogen and oxygen atoms in total. The molecule has 10 aromatic rings. The van der Waals surface area contributed by atoms with Crippen LogP contribution in [0.15, 0.2) is 200 Å². The van der Waals surface area contributed by atoms with E-state index in [0.29, 0.717) is 0 Å². The number of rotatable bonds is 6. The number of para-hydroxylation sites is 1. The number of benzene rings is 9. The average molecular weight is 680 g/mol. The summed E-state index contributed by atoms with van der Waals surface area (Å²) < 4.78 is 2.64. The Morgan fingerprint density at radius 3 is 1.85 bits per heavy atom. The van der Waals surface area contributed by atoms with Crippen LogP contribution in [0.25, 0.3) is 75.1 Å². The van der Waals surface area contributed by atoms with Crippen molar-refractivity contribution in [1.29, 1.82) is 0 Å². The molecule has 244 valence electrons. The fourth-order valence-corrected chi connectivity index (χ4v) is 8.78. The van der Waals surface area contributed by atoms with Crippen molar-refractivity contribution in [1.82, 2.24) is 0 Å². The maximum Gasteiger partial charge on any atom is 0.0540 e. The zero-order chi connectivity index (χ0) is 34.4. The summed E-state index contributed by atoms with van der Waals surface area (Å²) in [5, 5.41) is 7.62. The predicted molar refractivity (Wildman–Crippen MR) is 225 cm³/mol. The van der Waals surface area contributed by atoms with Crippen LogP contribution in [-0.2, 0) is 0 Å². The Labute approximate surface area is 307 Å². The van der Waals surface area contributed by atoms with Gasteiger partial charge in [-0.15, -0.1) is 11.3 Å². The van der Waals surface area contributed by atoms with E-state index in [9.17, 15) is 0 Å². The fourth-order valence-electron chi connectivity index (χ4n) is 7.69. The number of hydrogen-bond donors (Lipinski definition) is 0. The Balaban J connectivity index is 1.13. The average Bonchev–Trinajstić information content (AvgIpc) is 3.59. The van der Waals surface area contributed by atoms with E-state index in [-0.39, 0.29) is 0 Å². The van der Waals surface area contributed by atoms with Gasteiger partial charge in [0.25, 0.3) is 0 Å². The predicted octanol–water partition coefficient (Wildman–Crippen LogP) is 14.8. The molecule has 0 aliphatic rings. The molecule has 0 saturated heterocycles. The lowest BCUT2D eigenvalue weighted by Gasteiger charge is -2.28. The topological polar surface area (TPSA) is 3.24 Å². The summed E-state index contributed by atoms with van der Waals surface area (Å²) in [5.74, 6) is 0. The van der Waals surface area contributed by atoms with Gasteiger partial charge in [0.15, 0.2) is 0 Å². The van der Waals surface area contributed by atoms with E-state index in [1.165, 1.54) is 75.1 Å². The minimum Gasteiger partial charge on any atom is -0.310 e. The molecule has 0 amide bonds. The van der Waals surface area contributed by atoms with E-state index in [4.69, 9.17) is 0 Å². The van der Waals surface area contributed by atoms with Gasteiger partial charge in [0.2, 0.25) is 0 Å². The maximum atomic E-state index is 2.42. The molecule has 0 radical (unpaired) electrons. The molecular formula is C50H33NS. The second kappa shape index (κ2) is 12.7. The van der Waals surface area contributed by atoms with Crippen molar-refractivity contribution in [3.05, 3.63) is 200 Å². The lowest BCUT2D eigenvalue weighted by atomic mass is 9.97. The largest absolute Gasteiger partial charge is 0.310 e. The molecule has 0 aliphatic carbocycles. The number of anilines is 3. The van der Waals surface area contributed by atoms with Crippen LogP contribution in [0.2, 0.25) is 0 Å². The normalized spacial score (nSPS) is 11.5. The fraction of sp³-hybridized carbons (Fsp3) is 0. The molecular weight excluding hydrogens is 647 g/mol. The Morgan fingerprint density at radius 2 is 0.942 bits per heavy atom. The summed E-state index contributed by atoms with van der Waals surface area (Å²) >= 11 is 1.86. The van der Waals surface area contributed by atoms with Crippen molar-refractivity contribution >= 4 is 70.1 Å². The zero-order valence-corrected chi connectivity index (χ0v) is 29.2. The molecule has 0 spiro atoms. The van der Waals surface area contributed by atoms with Crippen molar-refractivity contribution in [3.8, 4) is 33.4 Å². The van der Waals surface area contributed by atoms with E-state index in [1.54, 1.807) is 0 Å². The lowest BCUT2D eigenvalue weighted by Crippen LogP contribution is -2.11. The maximum absolute atomic E-state index is 2.42. The van der Waals surface area contributed by atoms with Gasteiger partial charge in [-0.05, 0) is 104 Å². The van der Waals surface area contributed by atoms with Crippen LogP contribution in [0.4, 0.5) is 17.1 Å². The quantitative estimate of drug-likeness (QED) is 0.169. The molecule has 1 aromatic heterocycles. The number of thiophene rings is 1. The van der Waals surface area contributed by atoms with Crippen molar-refractivity contribution in [2.75, 3.05) is 4.90 Å². The molecule has 52 heavy (non-hydrogen) atoms. The van der Waals surface area contributed by atoms with Crippen molar-refractivity contribution in [3.63, 3.8) is 0 Å². The third-order valence-electron chi connectivity index (χ3n) is 10.2. The van der Waals surface area contributed by atoms with Gasteiger partial charge < -0.3 is 4.90 Å². The van der Waals surface area contributed by atoms with Gasteiger partial charge in [-0.25, -0.2) is 0 Å².